The normalized spacial score (nSPS) is 12.7. The van der Waals surface area contributed by atoms with Gasteiger partial charge in [0.05, 0.1) is 15.9 Å². The predicted molar refractivity (Wildman–Crippen MR) is 83.8 cm³/mol. The van der Waals surface area contributed by atoms with Crippen molar-refractivity contribution in [3.63, 3.8) is 0 Å². The summed E-state index contributed by atoms with van der Waals surface area (Å²) in [6, 6.07) is 14.0. The molecule has 0 bridgehead atoms. The lowest BCUT2D eigenvalue weighted by molar-refractivity contribution is 1.17. The lowest BCUT2D eigenvalue weighted by Gasteiger charge is -2.12. The van der Waals surface area contributed by atoms with Crippen molar-refractivity contribution in [1.82, 2.24) is 9.97 Å². The highest BCUT2D eigenvalue weighted by atomic mass is 79.9. The molecule has 1 aromatic heterocycles. The maximum absolute atomic E-state index is 11.3. The second-order valence-electron chi connectivity index (χ2n) is 4.27. The number of rotatable bonds is 2. The molecule has 1 unspecified atom stereocenters. The van der Waals surface area contributed by atoms with Crippen LogP contribution in [0.2, 0.25) is 0 Å². The molecule has 2 N–H and O–H groups in total. The molecule has 3 nitrogen and oxygen atoms in total. The number of aromatic nitrogens is 2. The number of halogens is 2. The highest BCUT2D eigenvalue weighted by molar-refractivity contribution is 9.11. The Morgan fingerprint density at radius 3 is 2.53 bits per heavy atom. The molecule has 0 saturated carbocycles. The average Bonchev–Trinajstić information content (AvgIpc) is 2.77. The van der Waals surface area contributed by atoms with Crippen LogP contribution in [0, 0.1) is 0 Å². The molecule has 96 valence electrons. The minimum atomic E-state index is -0.181. The fraction of sp³-hybridized carbons (Fsp3) is 0.0714. The van der Waals surface area contributed by atoms with Crippen LogP contribution >= 0.6 is 31.9 Å². The van der Waals surface area contributed by atoms with Crippen molar-refractivity contribution in [2.45, 2.75) is 4.83 Å². The predicted octanol–water partition coefficient (Wildman–Crippen LogP) is 4.10. The Kier molecular flexibility index (Phi) is 3.33. The third-order valence-corrected chi connectivity index (χ3v) is 4.76. The van der Waals surface area contributed by atoms with Gasteiger partial charge in [-0.2, -0.15) is 0 Å². The summed E-state index contributed by atoms with van der Waals surface area (Å²) in [4.78, 5) is 16.9. The average molecular weight is 382 g/mol. The fourth-order valence-corrected chi connectivity index (χ4v) is 3.57. The number of H-pyrrole nitrogens is 2. The van der Waals surface area contributed by atoms with E-state index in [1.165, 1.54) is 0 Å². The minimum Gasteiger partial charge on any atom is -0.306 e. The van der Waals surface area contributed by atoms with Gasteiger partial charge in [-0.3, -0.25) is 0 Å². The first-order chi connectivity index (χ1) is 9.15. The SMILES string of the molecule is O=c1[nH]c2ccc(C(Br)c3ccccc3Br)cc2[nH]1. The third-order valence-electron chi connectivity index (χ3n) is 3.01. The molecule has 0 radical (unpaired) electrons. The van der Waals surface area contributed by atoms with Crippen LogP contribution in [0.4, 0.5) is 0 Å². The second kappa shape index (κ2) is 4.98. The number of nitrogens with one attached hydrogen (secondary N) is 2. The zero-order chi connectivity index (χ0) is 13.4. The summed E-state index contributed by atoms with van der Waals surface area (Å²) in [7, 11) is 0. The van der Waals surface area contributed by atoms with E-state index in [9.17, 15) is 4.79 Å². The molecule has 0 saturated heterocycles. The van der Waals surface area contributed by atoms with Crippen LogP contribution < -0.4 is 5.69 Å². The second-order valence-corrected chi connectivity index (χ2v) is 6.04. The Hall–Kier alpha value is -1.33. The summed E-state index contributed by atoms with van der Waals surface area (Å²) in [5.74, 6) is 0. The van der Waals surface area contributed by atoms with Gasteiger partial charge in [-0.15, -0.1) is 0 Å². The summed E-state index contributed by atoms with van der Waals surface area (Å²) >= 11 is 7.26. The monoisotopic (exact) mass is 380 g/mol. The highest BCUT2D eigenvalue weighted by Crippen LogP contribution is 2.35. The van der Waals surface area contributed by atoms with Crippen molar-refractivity contribution in [3.05, 3.63) is 68.5 Å². The smallest absolute Gasteiger partial charge is 0.306 e. The quantitative estimate of drug-likeness (QED) is 0.645. The van der Waals surface area contributed by atoms with E-state index in [0.29, 0.717) is 0 Å². The Labute approximate surface area is 126 Å². The van der Waals surface area contributed by atoms with Gasteiger partial charge in [-0.05, 0) is 29.3 Å². The van der Waals surface area contributed by atoms with Gasteiger partial charge in [-0.25, -0.2) is 4.79 Å². The molecule has 3 aromatic rings. The maximum atomic E-state index is 11.3. The van der Waals surface area contributed by atoms with Crippen LogP contribution in [0.3, 0.4) is 0 Å². The first kappa shape index (κ1) is 12.7. The van der Waals surface area contributed by atoms with E-state index in [2.05, 4.69) is 47.9 Å². The Morgan fingerprint density at radius 2 is 1.74 bits per heavy atom. The Morgan fingerprint density at radius 1 is 1.00 bits per heavy atom. The van der Waals surface area contributed by atoms with Crippen LogP contribution in [-0.4, -0.2) is 9.97 Å². The van der Waals surface area contributed by atoms with Crippen LogP contribution in [0.15, 0.2) is 51.7 Å². The van der Waals surface area contributed by atoms with Gasteiger partial charge in [0.25, 0.3) is 0 Å². The lowest BCUT2D eigenvalue weighted by atomic mass is 10.0. The van der Waals surface area contributed by atoms with Gasteiger partial charge in [-0.1, -0.05) is 56.1 Å². The van der Waals surface area contributed by atoms with Gasteiger partial charge in [0.1, 0.15) is 0 Å². The Bertz CT molecular complexity index is 791. The van der Waals surface area contributed by atoms with E-state index >= 15 is 0 Å². The number of aromatic amines is 2. The molecule has 0 spiro atoms. The standard InChI is InChI=1S/C14H10Br2N2O/c15-10-4-2-1-3-9(10)13(16)8-5-6-11-12(7-8)18-14(19)17-11/h1-7,13H,(H2,17,18,19). The number of hydrogen-bond donors (Lipinski definition) is 2. The van der Waals surface area contributed by atoms with Crippen molar-refractivity contribution in [2.75, 3.05) is 0 Å². The molecule has 0 aliphatic carbocycles. The zero-order valence-corrected chi connectivity index (χ0v) is 13.0. The van der Waals surface area contributed by atoms with E-state index < -0.39 is 0 Å². The number of alkyl halides is 1. The zero-order valence-electron chi connectivity index (χ0n) is 9.78. The number of benzene rings is 2. The molecule has 19 heavy (non-hydrogen) atoms. The first-order valence-corrected chi connectivity index (χ1v) is 7.46. The van der Waals surface area contributed by atoms with Gasteiger partial charge in [0.15, 0.2) is 0 Å². The van der Waals surface area contributed by atoms with Crippen molar-refractivity contribution in [3.8, 4) is 0 Å². The maximum Gasteiger partial charge on any atom is 0.323 e. The fourth-order valence-electron chi connectivity index (χ4n) is 2.07. The van der Waals surface area contributed by atoms with Crippen molar-refractivity contribution < 1.29 is 0 Å². The van der Waals surface area contributed by atoms with Crippen LogP contribution in [0.25, 0.3) is 11.0 Å². The highest BCUT2D eigenvalue weighted by Gasteiger charge is 2.13. The van der Waals surface area contributed by atoms with Crippen LogP contribution in [0.5, 0.6) is 0 Å². The van der Waals surface area contributed by atoms with Crippen molar-refractivity contribution in [1.29, 1.82) is 0 Å². The number of hydrogen-bond acceptors (Lipinski definition) is 1. The molecule has 1 heterocycles. The topological polar surface area (TPSA) is 48.6 Å². The molecular weight excluding hydrogens is 372 g/mol. The summed E-state index contributed by atoms with van der Waals surface area (Å²) in [5.41, 5.74) is 3.70. The molecule has 1 atom stereocenters. The van der Waals surface area contributed by atoms with Gasteiger partial charge < -0.3 is 9.97 Å². The molecule has 0 aliphatic heterocycles. The van der Waals surface area contributed by atoms with Crippen LogP contribution in [0.1, 0.15) is 16.0 Å². The first-order valence-electron chi connectivity index (χ1n) is 5.75. The van der Waals surface area contributed by atoms with E-state index in [1.807, 2.05) is 36.4 Å². The summed E-state index contributed by atoms with van der Waals surface area (Å²) in [5, 5.41) is 0. The van der Waals surface area contributed by atoms with Crippen LogP contribution in [-0.2, 0) is 0 Å². The molecule has 0 amide bonds. The van der Waals surface area contributed by atoms with E-state index in [-0.39, 0.29) is 10.5 Å². The lowest BCUT2D eigenvalue weighted by Crippen LogP contribution is -1.99. The molecule has 0 aliphatic rings. The number of imidazole rings is 1. The molecule has 3 rings (SSSR count). The van der Waals surface area contributed by atoms with E-state index in [4.69, 9.17) is 0 Å². The minimum absolute atomic E-state index is 0.0749. The third kappa shape index (κ3) is 2.40. The molecule has 2 aromatic carbocycles. The molecular formula is C14H10Br2N2O. The van der Waals surface area contributed by atoms with Crippen molar-refractivity contribution >= 4 is 42.9 Å². The van der Waals surface area contributed by atoms with Gasteiger partial charge in [0.2, 0.25) is 0 Å². The summed E-state index contributed by atoms with van der Waals surface area (Å²) < 4.78 is 1.06. The van der Waals surface area contributed by atoms with E-state index in [1.54, 1.807) is 0 Å². The molecule has 5 heteroatoms. The van der Waals surface area contributed by atoms with Crippen molar-refractivity contribution in [2.24, 2.45) is 0 Å². The Balaban J connectivity index is 2.08. The summed E-state index contributed by atoms with van der Waals surface area (Å²) in [6.07, 6.45) is 0. The van der Waals surface area contributed by atoms with Gasteiger partial charge >= 0.3 is 5.69 Å². The van der Waals surface area contributed by atoms with Gasteiger partial charge in [0, 0.05) is 4.47 Å². The molecule has 0 fully saturated rings. The number of fused-ring (bicyclic) bond motifs is 1. The largest absolute Gasteiger partial charge is 0.323 e. The van der Waals surface area contributed by atoms with E-state index in [0.717, 1.165) is 26.6 Å². The summed E-state index contributed by atoms with van der Waals surface area (Å²) in [6.45, 7) is 0.